The van der Waals surface area contributed by atoms with Gasteiger partial charge in [0.1, 0.15) is 0 Å². The number of benzene rings is 2. The number of anilines is 1. The van der Waals surface area contributed by atoms with E-state index in [1.54, 1.807) is 12.1 Å². The quantitative estimate of drug-likeness (QED) is 0.739. The van der Waals surface area contributed by atoms with Gasteiger partial charge in [-0.05, 0) is 24.1 Å². The van der Waals surface area contributed by atoms with Gasteiger partial charge in [-0.3, -0.25) is 9.48 Å². The van der Waals surface area contributed by atoms with Gasteiger partial charge in [0.15, 0.2) is 5.69 Å². The summed E-state index contributed by atoms with van der Waals surface area (Å²) in [5.41, 5.74) is 1.25. The first-order valence-corrected chi connectivity index (χ1v) is 7.84. The minimum atomic E-state index is -4.71. The van der Waals surface area contributed by atoms with Gasteiger partial charge in [0, 0.05) is 24.5 Å². The zero-order valence-corrected chi connectivity index (χ0v) is 14.1. The van der Waals surface area contributed by atoms with Crippen molar-refractivity contribution in [1.82, 2.24) is 9.78 Å². The maximum Gasteiger partial charge on any atom is 0.435 e. The van der Waals surface area contributed by atoms with Gasteiger partial charge < -0.3 is 5.32 Å². The Labute approximate surface area is 148 Å². The van der Waals surface area contributed by atoms with E-state index in [0.717, 1.165) is 27.6 Å². The van der Waals surface area contributed by atoms with Crippen LogP contribution in [0.3, 0.4) is 0 Å². The van der Waals surface area contributed by atoms with Crippen LogP contribution in [-0.4, -0.2) is 15.7 Å². The summed E-state index contributed by atoms with van der Waals surface area (Å²) in [4.78, 5) is 12.5. The number of carbonyl (C=O) groups excluding carboxylic acids is 1. The molecule has 26 heavy (non-hydrogen) atoms. The van der Waals surface area contributed by atoms with E-state index in [4.69, 9.17) is 0 Å². The lowest BCUT2D eigenvalue weighted by Gasteiger charge is -2.14. The topological polar surface area (TPSA) is 46.9 Å². The van der Waals surface area contributed by atoms with Gasteiger partial charge in [-0.1, -0.05) is 42.5 Å². The highest BCUT2D eigenvalue weighted by molar-refractivity contribution is 6.07. The van der Waals surface area contributed by atoms with Crippen LogP contribution in [0.15, 0.2) is 54.7 Å². The number of carbonyl (C=O) groups is 1. The fraction of sp³-hybridized carbons (Fsp3) is 0.158. The Morgan fingerprint density at radius 2 is 1.77 bits per heavy atom. The van der Waals surface area contributed by atoms with Crippen molar-refractivity contribution in [2.24, 2.45) is 7.05 Å². The zero-order chi connectivity index (χ0) is 18.9. The van der Waals surface area contributed by atoms with E-state index in [-0.39, 0.29) is 0 Å². The molecule has 0 spiro atoms. The molecule has 0 bridgehead atoms. The van der Waals surface area contributed by atoms with Gasteiger partial charge >= 0.3 is 6.18 Å². The molecule has 0 radical (unpaired) electrons. The molecule has 1 N–H and O–H groups in total. The van der Waals surface area contributed by atoms with E-state index in [2.05, 4.69) is 10.4 Å². The third-order valence-electron chi connectivity index (χ3n) is 3.93. The average Bonchev–Trinajstić information content (AvgIpc) is 2.98. The largest absolute Gasteiger partial charge is 0.435 e. The molecular formula is C19H16F3N3O. The van der Waals surface area contributed by atoms with E-state index in [9.17, 15) is 18.0 Å². The predicted molar refractivity (Wildman–Crippen MR) is 92.8 cm³/mol. The molecule has 0 atom stereocenters. The van der Waals surface area contributed by atoms with Crippen molar-refractivity contribution in [3.05, 3.63) is 71.5 Å². The number of hydrogen-bond donors (Lipinski definition) is 1. The predicted octanol–water partition coefficient (Wildman–Crippen LogP) is 4.67. The van der Waals surface area contributed by atoms with Crippen molar-refractivity contribution in [3.8, 4) is 11.1 Å². The smallest absolute Gasteiger partial charge is 0.321 e. The summed E-state index contributed by atoms with van der Waals surface area (Å²) in [5, 5.41) is 5.97. The molecule has 1 amide bonds. The van der Waals surface area contributed by atoms with Gasteiger partial charge in [0.05, 0.1) is 5.56 Å². The maximum atomic E-state index is 13.1. The summed E-state index contributed by atoms with van der Waals surface area (Å²) < 4.78 is 40.3. The third kappa shape index (κ3) is 3.46. The van der Waals surface area contributed by atoms with E-state index in [1.807, 2.05) is 43.3 Å². The summed E-state index contributed by atoms with van der Waals surface area (Å²) in [6, 6.07) is 14.6. The minimum absolute atomic E-state index is 0.443. The molecule has 1 heterocycles. The molecule has 0 saturated heterocycles. The molecule has 1 aromatic heterocycles. The van der Waals surface area contributed by atoms with Crippen LogP contribution in [0.2, 0.25) is 0 Å². The molecule has 4 nitrogen and oxygen atoms in total. The van der Waals surface area contributed by atoms with Crippen LogP contribution in [0.25, 0.3) is 11.1 Å². The standard InChI is InChI=1S/C19H16F3N3O/c1-12-7-6-10-15(16(12)13-8-4-3-5-9-13)23-18(26)14-11-25(2)24-17(14)19(20,21)22/h3-11H,1-2H3,(H,23,26). The number of amides is 1. The van der Waals surface area contributed by atoms with E-state index >= 15 is 0 Å². The molecule has 0 aliphatic rings. The first-order chi connectivity index (χ1) is 12.3. The molecule has 0 aliphatic heterocycles. The first kappa shape index (κ1) is 17.7. The highest BCUT2D eigenvalue weighted by atomic mass is 19.4. The molecule has 0 saturated carbocycles. The minimum Gasteiger partial charge on any atom is -0.321 e. The van der Waals surface area contributed by atoms with Crippen LogP contribution in [-0.2, 0) is 13.2 Å². The van der Waals surface area contributed by atoms with Gasteiger partial charge in [-0.15, -0.1) is 0 Å². The zero-order valence-electron chi connectivity index (χ0n) is 14.1. The van der Waals surface area contributed by atoms with Crippen LogP contribution in [0, 0.1) is 6.92 Å². The SMILES string of the molecule is Cc1cccc(NC(=O)c2cn(C)nc2C(F)(F)F)c1-c1ccccc1. The number of hydrogen-bond acceptors (Lipinski definition) is 2. The first-order valence-electron chi connectivity index (χ1n) is 7.84. The van der Waals surface area contributed by atoms with Gasteiger partial charge in [0.2, 0.25) is 0 Å². The lowest BCUT2D eigenvalue weighted by Crippen LogP contribution is -2.18. The third-order valence-corrected chi connectivity index (χ3v) is 3.93. The Kier molecular flexibility index (Phi) is 4.54. The van der Waals surface area contributed by atoms with Crippen molar-refractivity contribution >= 4 is 11.6 Å². The maximum absolute atomic E-state index is 13.1. The molecule has 0 aliphatic carbocycles. The number of aryl methyl sites for hydroxylation is 2. The van der Waals surface area contributed by atoms with E-state index in [0.29, 0.717) is 5.69 Å². The fourth-order valence-corrected chi connectivity index (χ4v) is 2.81. The Morgan fingerprint density at radius 1 is 1.08 bits per heavy atom. The molecule has 2 aromatic carbocycles. The fourth-order valence-electron chi connectivity index (χ4n) is 2.81. The number of halogens is 3. The van der Waals surface area contributed by atoms with Crippen molar-refractivity contribution in [2.75, 3.05) is 5.32 Å². The number of alkyl halides is 3. The Morgan fingerprint density at radius 3 is 2.42 bits per heavy atom. The monoisotopic (exact) mass is 359 g/mol. The number of nitrogens with zero attached hydrogens (tertiary/aromatic N) is 2. The molecule has 3 rings (SSSR count). The molecule has 0 fully saturated rings. The summed E-state index contributed by atoms with van der Waals surface area (Å²) in [7, 11) is 1.34. The van der Waals surface area contributed by atoms with Crippen molar-refractivity contribution in [2.45, 2.75) is 13.1 Å². The van der Waals surface area contributed by atoms with Gasteiger partial charge in [0.25, 0.3) is 5.91 Å². The van der Waals surface area contributed by atoms with Crippen molar-refractivity contribution in [1.29, 1.82) is 0 Å². The highest BCUT2D eigenvalue weighted by Gasteiger charge is 2.39. The van der Waals surface area contributed by atoms with Crippen LogP contribution in [0.5, 0.6) is 0 Å². The van der Waals surface area contributed by atoms with Crippen molar-refractivity contribution < 1.29 is 18.0 Å². The Bertz CT molecular complexity index is 946. The molecule has 7 heteroatoms. The second kappa shape index (κ2) is 6.67. The summed E-state index contributed by atoms with van der Waals surface area (Å²) in [5.74, 6) is -0.854. The van der Waals surface area contributed by atoms with Gasteiger partial charge in [-0.2, -0.15) is 18.3 Å². The van der Waals surface area contributed by atoms with Crippen LogP contribution in [0.4, 0.5) is 18.9 Å². The van der Waals surface area contributed by atoms with Crippen molar-refractivity contribution in [3.63, 3.8) is 0 Å². The van der Waals surface area contributed by atoms with E-state index < -0.39 is 23.3 Å². The van der Waals surface area contributed by atoms with Crippen LogP contribution in [0.1, 0.15) is 21.6 Å². The van der Waals surface area contributed by atoms with E-state index in [1.165, 1.54) is 7.05 Å². The molecule has 3 aromatic rings. The highest BCUT2D eigenvalue weighted by Crippen LogP contribution is 2.33. The van der Waals surface area contributed by atoms with Crippen LogP contribution < -0.4 is 5.32 Å². The number of rotatable bonds is 3. The lowest BCUT2D eigenvalue weighted by atomic mass is 9.98. The normalized spacial score (nSPS) is 11.4. The second-order valence-electron chi connectivity index (χ2n) is 5.88. The van der Waals surface area contributed by atoms with Gasteiger partial charge in [-0.25, -0.2) is 0 Å². The summed E-state index contributed by atoms with van der Waals surface area (Å²) in [6.45, 7) is 1.88. The summed E-state index contributed by atoms with van der Waals surface area (Å²) >= 11 is 0. The molecule has 134 valence electrons. The number of nitrogens with one attached hydrogen (secondary N) is 1. The summed E-state index contributed by atoms with van der Waals surface area (Å²) in [6.07, 6.45) is -3.64. The Balaban J connectivity index is 2.01. The second-order valence-corrected chi connectivity index (χ2v) is 5.88. The lowest BCUT2D eigenvalue weighted by molar-refractivity contribution is -0.141. The molecular weight excluding hydrogens is 343 g/mol. The van der Waals surface area contributed by atoms with Crippen LogP contribution >= 0.6 is 0 Å². The average molecular weight is 359 g/mol. The Hall–Kier alpha value is -3.09. The number of aromatic nitrogens is 2. The molecule has 0 unspecified atom stereocenters.